The van der Waals surface area contributed by atoms with Crippen LogP contribution in [0, 0.1) is 12.7 Å². The van der Waals surface area contributed by atoms with E-state index in [9.17, 15) is 9.18 Å². The van der Waals surface area contributed by atoms with Crippen LogP contribution in [0.4, 0.5) is 4.39 Å². The van der Waals surface area contributed by atoms with Crippen molar-refractivity contribution >= 4 is 5.97 Å². The Hall–Kier alpha value is -3.12. The molecule has 5 nitrogen and oxygen atoms in total. The van der Waals surface area contributed by atoms with Crippen LogP contribution in [0.2, 0.25) is 0 Å². The van der Waals surface area contributed by atoms with Crippen molar-refractivity contribution in [2.45, 2.75) is 32.9 Å². The van der Waals surface area contributed by atoms with Crippen molar-refractivity contribution in [3.8, 4) is 17.0 Å². The molecule has 0 saturated heterocycles. The molecule has 3 aromatic rings. The van der Waals surface area contributed by atoms with Gasteiger partial charge in [0.2, 0.25) is 0 Å². The highest BCUT2D eigenvalue weighted by Gasteiger charge is 2.15. The first-order chi connectivity index (χ1) is 14.5. The summed E-state index contributed by atoms with van der Waals surface area (Å²) in [5, 5.41) is 9.05. The molecule has 1 N–H and O–H groups in total. The van der Waals surface area contributed by atoms with Crippen molar-refractivity contribution in [2.24, 2.45) is 0 Å². The zero-order valence-electron chi connectivity index (χ0n) is 17.2. The molecule has 0 fully saturated rings. The maximum Gasteiger partial charge on any atom is 0.306 e. The topological polar surface area (TPSA) is 60.7 Å². The van der Waals surface area contributed by atoms with Crippen LogP contribution < -0.4 is 4.74 Å². The minimum Gasteiger partial charge on any atom is -0.492 e. The van der Waals surface area contributed by atoms with Crippen molar-refractivity contribution in [1.29, 1.82) is 0 Å². The molecule has 1 aromatic heterocycles. The van der Waals surface area contributed by atoms with Gasteiger partial charge in [0.05, 0.1) is 19.1 Å². The Labute approximate surface area is 175 Å². The van der Waals surface area contributed by atoms with Crippen molar-refractivity contribution in [3.05, 3.63) is 77.7 Å². The highest BCUT2D eigenvalue weighted by atomic mass is 19.1. The lowest BCUT2D eigenvalue weighted by molar-refractivity contribution is -0.140. The number of hydrogen-bond donors (Lipinski definition) is 1. The summed E-state index contributed by atoms with van der Waals surface area (Å²) in [6, 6.07) is 17.8. The zero-order chi connectivity index (χ0) is 21.5. The summed E-state index contributed by atoms with van der Waals surface area (Å²) in [6.45, 7) is 5.43. The molecule has 6 heteroatoms. The first-order valence-electron chi connectivity index (χ1n) is 9.96. The summed E-state index contributed by atoms with van der Waals surface area (Å²) in [6.07, 6.45) is -0.546. The predicted molar refractivity (Wildman–Crippen MR) is 113 cm³/mol. The van der Waals surface area contributed by atoms with E-state index in [4.69, 9.17) is 14.6 Å². The Kier molecular flexibility index (Phi) is 7.25. The summed E-state index contributed by atoms with van der Waals surface area (Å²) in [5.74, 6) is -0.444. The number of carbonyl (C=O) groups is 1. The third-order valence-electron chi connectivity index (χ3n) is 4.90. The average Bonchev–Trinajstić information content (AvgIpc) is 3.09. The molecule has 1 atom stereocenters. The Morgan fingerprint density at radius 3 is 2.40 bits per heavy atom. The van der Waals surface area contributed by atoms with Crippen LogP contribution in [0.3, 0.4) is 0 Å². The molecule has 0 aliphatic carbocycles. The fourth-order valence-corrected chi connectivity index (χ4v) is 3.41. The minimum absolute atomic E-state index is 0.0763. The molecule has 3 rings (SSSR count). The molecule has 0 amide bonds. The largest absolute Gasteiger partial charge is 0.492 e. The lowest BCUT2D eigenvalue weighted by Gasteiger charge is -2.16. The van der Waals surface area contributed by atoms with Crippen molar-refractivity contribution in [3.63, 3.8) is 0 Å². The molecule has 1 unspecified atom stereocenters. The number of benzene rings is 2. The van der Waals surface area contributed by atoms with Crippen LogP contribution in [-0.2, 0) is 16.1 Å². The molecule has 30 heavy (non-hydrogen) atoms. The summed E-state index contributed by atoms with van der Waals surface area (Å²) in [5.41, 5.74) is 3.88. The van der Waals surface area contributed by atoms with E-state index in [0.717, 1.165) is 22.5 Å². The molecule has 1 heterocycles. The summed E-state index contributed by atoms with van der Waals surface area (Å²) < 4.78 is 26.8. The maximum atomic E-state index is 13.2. The van der Waals surface area contributed by atoms with E-state index in [1.54, 1.807) is 12.1 Å². The highest BCUT2D eigenvalue weighted by molar-refractivity contribution is 5.67. The van der Waals surface area contributed by atoms with E-state index < -0.39 is 12.1 Å². The van der Waals surface area contributed by atoms with Crippen LogP contribution >= 0.6 is 0 Å². The molecular formula is C24H26FNO4. The standard InChI is InChI=1S/C24H26FNO4/c1-3-29-23(16-24(27)28)19-7-11-21(12-8-19)30-15-14-26-17(2)4-13-22(26)18-5-9-20(25)10-6-18/h4-13,23H,3,14-16H2,1-2H3,(H,27,28). The van der Waals surface area contributed by atoms with E-state index in [1.807, 2.05) is 50.2 Å². The van der Waals surface area contributed by atoms with Gasteiger partial charge in [-0.25, -0.2) is 4.39 Å². The smallest absolute Gasteiger partial charge is 0.306 e. The summed E-state index contributed by atoms with van der Waals surface area (Å²) >= 11 is 0. The Morgan fingerprint density at radius 1 is 1.07 bits per heavy atom. The van der Waals surface area contributed by atoms with Gasteiger partial charge in [-0.15, -0.1) is 0 Å². The molecule has 0 bridgehead atoms. The van der Waals surface area contributed by atoms with Gasteiger partial charge in [0.1, 0.15) is 18.2 Å². The second-order valence-electron chi connectivity index (χ2n) is 6.98. The number of aryl methyl sites for hydroxylation is 1. The Bertz CT molecular complexity index is 964. The lowest BCUT2D eigenvalue weighted by Crippen LogP contribution is -2.11. The molecular weight excluding hydrogens is 385 g/mol. The van der Waals surface area contributed by atoms with Gasteiger partial charge in [0.25, 0.3) is 0 Å². The van der Waals surface area contributed by atoms with Gasteiger partial charge in [-0.05, 0) is 73.5 Å². The first-order valence-corrected chi connectivity index (χ1v) is 9.96. The molecule has 0 radical (unpaired) electrons. The van der Waals surface area contributed by atoms with Crippen molar-refractivity contribution in [2.75, 3.05) is 13.2 Å². The van der Waals surface area contributed by atoms with Gasteiger partial charge < -0.3 is 19.1 Å². The quantitative estimate of drug-likeness (QED) is 0.496. The SMILES string of the molecule is CCOC(CC(=O)O)c1ccc(OCCn2c(C)ccc2-c2ccc(F)cc2)cc1. The number of carboxylic acid groups (broad SMARTS) is 1. The van der Waals surface area contributed by atoms with Gasteiger partial charge in [-0.1, -0.05) is 12.1 Å². The molecule has 0 saturated carbocycles. The molecule has 0 aliphatic heterocycles. The maximum absolute atomic E-state index is 13.2. The van der Waals surface area contributed by atoms with E-state index >= 15 is 0 Å². The molecule has 0 aliphatic rings. The Morgan fingerprint density at radius 2 is 1.77 bits per heavy atom. The fraction of sp³-hybridized carbons (Fsp3) is 0.292. The van der Waals surface area contributed by atoms with Crippen LogP contribution in [0.25, 0.3) is 11.3 Å². The van der Waals surface area contributed by atoms with Gasteiger partial charge in [0.15, 0.2) is 0 Å². The van der Waals surface area contributed by atoms with Crippen molar-refractivity contribution in [1.82, 2.24) is 4.57 Å². The Balaban J connectivity index is 1.62. The number of aliphatic carboxylic acids is 1. The number of hydrogen-bond acceptors (Lipinski definition) is 3. The molecule has 2 aromatic carbocycles. The third kappa shape index (κ3) is 5.48. The fourth-order valence-electron chi connectivity index (χ4n) is 3.41. The number of ether oxygens (including phenoxy) is 2. The number of aromatic nitrogens is 1. The van der Waals surface area contributed by atoms with Gasteiger partial charge >= 0.3 is 5.97 Å². The van der Waals surface area contributed by atoms with Gasteiger partial charge in [-0.2, -0.15) is 0 Å². The van der Waals surface area contributed by atoms with Crippen LogP contribution in [0.15, 0.2) is 60.7 Å². The highest BCUT2D eigenvalue weighted by Crippen LogP contribution is 2.25. The number of nitrogens with zero attached hydrogens (tertiary/aromatic N) is 1. The summed E-state index contributed by atoms with van der Waals surface area (Å²) in [4.78, 5) is 11.0. The zero-order valence-corrected chi connectivity index (χ0v) is 17.2. The third-order valence-corrected chi connectivity index (χ3v) is 4.90. The average molecular weight is 411 g/mol. The summed E-state index contributed by atoms with van der Waals surface area (Å²) in [7, 11) is 0. The van der Waals surface area contributed by atoms with Crippen LogP contribution in [-0.4, -0.2) is 28.9 Å². The molecule has 158 valence electrons. The second-order valence-corrected chi connectivity index (χ2v) is 6.98. The van der Waals surface area contributed by atoms with E-state index in [2.05, 4.69) is 4.57 Å². The van der Waals surface area contributed by atoms with Crippen molar-refractivity contribution < 1.29 is 23.8 Å². The second kappa shape index (κ2) is 10.1. The first kappa shape index (κ1) is 21.6. The monoisotopic (exact) mass is 411 g/mol. The van der Waals surface area contributed by atoms with E-state index in [0.29, 0.717) is 25.5 Å². The predicted octanol–water partition coefficient (Wildman–Crippen LogP) is 5.23. The van der Waals surface area contributed by atoms with Gasteiger partial charge in [0, 0.05) is 18.0 Å². The van der Waals surface area contributed by atoms with Crippen LogP contribution in [0.5, 0.6) is 5.75 Å². The molecule has 0 spiro atoms. The number of carboxylic acids is 1. The minimum atomic E-state index is -0.896. The normalized spacial score (nSPS) is 12.0. The van der Waals surface area contributed by atoms with E-state index in [1.165, 1.54) is 12.1 Å². The van der Waals surface area contributed by atoms with Crippen LogP contribution in [0.1, 0.15) is 30.7 Å². The van der Waals surface area contributed by atoms with E-state index in [-0.39, 0.29) is 12.2 Å². The number of halogens is 1. The number of rotatable bonds is 10. The van der Waals surface area contributed by atoms with Gasteiger partial charge in [-0.3, -0.25) is 4.79 Å². The lowest BCUT2D eigenvalue weighted by atomic mass is 10.1.